The Balaban J connectivity index is 1.51. The molecule has 0 saturated carbocycles. The summed E-state index contributed by atoms with van der Waals surface area (Å²) < 4.78 is 13.2. The summed E-state index contributed by atoms with van der Waals surface area (Å²) in [6.07, 6.45) is 4.54. The molecule has 1 aliphatic rings. The molecule has 5 nitrogen and oxygen atoms in total. The highest BCUT2D eigenvalue weighted by molar-refractivity contribution is 6.33. The molecule has 3 aromatic rings. The SMILES string of the molecule is Cc1nc(-c2cccnc2)nc(N2CCC[NH+](Cc3ccc(F)cc3)CC2)c1Cl. The predicted molar refractivity (Wildman–Crippen MR) is 113 cm³/mol. The van der Waals surface area contributed by atoms with Crippen LogP contribution in [0.5, 0.6) is 0 Å². The molecule has 1 N–H and O–H groups in total. The normalized spacial score (nSPS) is 17.2. The molecule has 3 heterocycles. The number of aromatic nitrogens is 3. The summed E-state index contributed by atoms with van der Waals surface area (Å²) in [6.45, 7) is 6.60. The maximum absolute atomic E-state index is 13.2. The Bertz CT molecular complexity index is 965. The third-order valence-corrected chi connectivity index (χ3v) is 5.72. The zero-order valence-electron chi connectivity index (χ0n) is 16.4. The fraction of sp³-hybridized carbons (Fsp3) is 0.318. The Kier molecular flexibility index (Phi) is 6.02. The van der Waals surface area contributed by atoms with Gasteiger partial charge in [-0.15, -0.1) is 0 Å². The van der Waals surface area contributed by atoms with Crippen LogP contribution in [0, 0.1) is 12.7 Å². The fourth-order valence-electron chi connectivity index (χ4n) is 3.71. The van der Waals surface area contributed by atoms with Crippen molar-refractivity contribution < 1.29 is 9.29 Å². The van der Waals surface area contributed by atoms with Gasteiger partial charge in [-0.25, -0.2) is 14.4 Å². The van der Waals surface area contributed by atoms with Gasteiger partial charge < -0.3 is 9.80 Å². The van der Waals surface area contributed by atoms with Crippen LogP contribution in [0.3, 0.4) is 0 Å². The van der Waals surface area contributed by atoms with Gasteiger partial charge in [0, 0.05) is 36.5 Å². The van der Waals surface area contributed by atoms with E-state index in [4.69, 9.17) is 16.6 Å². The summed E-state index contributed by atoms with van der Waals surface area (Å²) in [6, 6.07) is 10.6. The van der Waals surface area contributed by atoms with E-state index in [-0.39, 0.29) is 5.82 Å². The molecule has 0 amide bonds. The molecule has 0 bridgehead atoms. The van der Waals surface area contributed by atoms with E-state index in [0.717, 1.165) is 61.8 Å². The summed E-state index contributed by atoms with van der Waals surface area (Å²) >= 11 is 6.60. The van der Waals surface area contributed by atoms with Crippen molar-refractivity contribution >= 4 is 17.4 Å². The first kappa shape index (κ1) is 19.7. The van der Waals surface area contributed by atoms with Crippen LogP contribution in [-0.4, -0.2) is 41.1 Å². The summed E-state index contributed by atoms with van der Waals surface area (Å²) in [5, 5.41) is 0.611. The van der Waals surface area contributed by atoms with Gasteiger partial charge >= 0.3 is 0 Å². The van der Waals surface area contributed by atoms with Crippen LogP contribution < -0.4 is 9.80 Å². The maximum atomic E-state index is 13.2. The van der Waals surface area contributed by atoms with E-state index in [9.17, 15) is 4.39 Å². The van der Waals surface area contributed by atoms with Gasteiger partial charge in [0.05, 0.1) is 25.3 Å². The number of halogens is 2. The second kappa shape index (κ2) is 8.84. The average Bonchev–Trinajstić information content (AvgIpc) is 2.98. The Morgan fingerprint density at radius 2 is 1.93 bits per heavy atom. The van der Waals surface area contributed by atoms with Crippen molar-refractivity contribution in [2.75, 3.05) is 31.1 Å². The van der Waals surface area contributed by atoms with Gasteiger partial charge in [-0.2, -0.15) is 0 Å². The number of pyridine rings is 1. The molecule has 1 atom stereocenters. The molecular weight excluding hydrogens is 389 g/mol. The molecule has 2 aromatic heterocycles. The molecule has 1 saturated heterocycles. The molecule has 1 aromatic carbocycles. The largest absolute Gasteiger partial charge is 0.349 e. The van der Waals surface area contributed by atoms with E-state index in [0.29, 0.717) is 10.8 Å². The number of anilines is 1. The first-order valence-electron chi connectivity index (χ1n) is 9.87. The van der Waals surface area contributed by atoms with Crippen LogP contribution in [0.1, 0.15) is 17.7 Å². The molecule has 0 radical (unpaired) electrons. The van der Waals surface area contributed by atoms with E-state index in [1.54, 1.807) is 12.4 Å². The van der Waals surface area contributed by atoms with Gasteiger partial charge in [0.2, 0.25) is 0 Å². The number of quaternary nitrogens is 1. The second-order valence-electron chi connectivity index (χ2n) is 7.41. The number of rotatable bonds is 4. The number of aryl methyl sites for hydroxylation is 1. The van der Waals surface area contributed by atoms with Crippen molar-refractivity contribution in [3.63, 3.8) is 0 Å². The topological polar surface area (TPSA) is 46.4 Å². The van der Waals surface area contributed by atoms with Crippen molar-refractivity contribution in [1.29, 1.82) is 0 Å². The van der Waals surface area contributed by atoms with Crippen molar-refractivity contribution in [2.45, 2.75) is 19.9 Å². The fourth-order valence-corrected chi connectivity index (χ4v) is 3.91. The molecule has 4 rings (SSSR count). The molecule has 29 heavy (non-hydrogen) atoms. The van der Waals surface area contributed by atoms with Gasteiger partial charge in [0.1, 0.15) is 17.4 Å². The lowest BCUT2D eigenvalue weighted by molar-refractivity contribution is -0.911. The lowest BCUT2D eigenvalue weighted by Crippen LogP contribution is -3.11. The number of benzene rings is 1. The van der Waals surface area contributed by atoms with Gasteiger partial charge in [0.15, 0.2) is 11.6 Å². The van der Waals surface area contributed by atoms with Crippen molar-refractivity contribution in [2.24, 2.45) is 0 Å². The molecule has 150 valence electrons. The zero-order chi connectivity index (χ0) is 20.2. The maximum Gasteiger partial charge on any atom is 0.163 e. The lowest BCUT2D eigenvalue weighted by atomic mass is 10.2. The van der Waals surface area contributed by atoms with Crippen molar-refractivity contribution in [1.82, 2.24) is 15.0 Å². The Labute approximate surface area is 175 Å². The molecule has 7 heteroatoms. The third-order valence-electron chi connectivity index (χ3n) is 5.28. The minimum Gasteiger partial charge on any atom is -0.349 e. The van der Waals surface area contributed by atoms with E-state index in [1.807, 2.05) is 31.2 Å². The molecular formula is C22H24ClFN5+. The predicted octanol–water partition coefficient (Wildman–Crippen LogP) is 2.93. The van der Waals surface area contributed by atoms with E-state index >= 15 is 0 Å². The zero-order valence-corrected chi connectivity index (χ0v) is 17.2. The van der Waals surface area contributed by atoms with Crippen LogP contribution in [0.15, 0.2) is 48.8 Å². The lowest BCUT2D eigenvalue weighted by Gasteiger charge is -2.23. The Hall–Kier alpha value is -2.57. The number of hydrogen-bond acceptors (Lipinski definition) is 4. The standard InChI is InChI=1S/C22H23ClFN5/c1-16-20(23)22(27-21(26-16)18-4-2-9-25-14-18)29-11-3-10-28(12-13-29)15-17-5-7-19(24)8-6-17/h2,4-9,14H,3,10-13,15H2,1H3/p+1. The summed E-state index contributed by atoms with van der Waals surface area (Å²) in [7, 11) is 0. The number of nitrogens with one attached hydrogen (secondary N) is 1. The van der Waals surface area contributed by atoms with Crippen LogP contribution in [0.4, 0.5) is 10.2 Å². The first-order chi connectivity index (χ1) is 14.1. The van der Waals surface area contributed by atoms with Crippen LogP contribution in [0.25, 0.3) is 11.4 Å². The van der Waals surface area contributed by atoms with Crippen molar-refractivity contribution in [3.8, 4) is 11.4 Å². The number of nitrogens with zero attached hydrogens (tertiary/aromatic N) is 4. The number of hydrogen-bond donors (Lipinski definition) is 1. The third kappa shape index (κ3) is 4.71. The highest BCUT2D eigenvalue weighted by Crippen LogP contribution is 2.29. The van der Waals surface area contributed by atoms with Gasteiger partial charge in [0.25, 0.3) is 0 Å². The second-order valence-corrected chi connectivity index (χ2v) is 7.78. The van der Waals surface area contributed by atoms with Gasteiger partial charge in [-0.05, 0) is 31.2 Å². The molecule has 1 aliphatic heterocycles. The van der Waals surface area contributed by atoms with E-state index < -0.39 is 0 Å². The van der Waals surface area contributed by atoms with E-state index in [1.165, 1.54) is 17.0 Å². The Morgan fingerprint density at radius 1 is 1.10 bits per heavy atom. The molecule has 1 fully saturated rings. The summed E-state index contributed by atoms with van der Waals surface area (Å²) in [4.78, 5) is 17.2. The van der Waals surface area contributed by atoms with Crippen LogP contribution in [-0.2, 0) is 6.54 Å². The highest BCUT2D eigenvalue weighted by Gasteiger charge is 2.22. The smallest absolute Gasteiger partial charge is 0.163 e. The van der Waals surface area contributed by atoms with Gasteiger partial charge in [-0.3, -0.25) is 4.98 Å². The highest BCUT2D eigenvalue weighted by atomic mass is 35.5. The minimum absolute atomic E-state index is 0.191. The molecule has 1 unspecified atom stereocenters. The molecule has 0 spiro atoms. The first-order valence-corrected chi connectivity index (χ1v) is 10.3. The Morgan fingerprint density at radius 3 is 2.69 bits per heavy atom. The van der Waals surface area contributed by atoms with Crippen molar-refractivity contribution in [3.05, 3.63) is 70.9 Å². The van der Waals surface area contributed by atoms with Crippen LogP contribution in [0.2, 0.25) is 5.02 Å². The monoisotopic (exact) mass is 412 g/mol. The average molecular weight is 413 g/mol. The quantitative estimate of drug-likeness (QED) is 0.715. The van der Waals surface area contributed by atoms with Gasteiger partial charge in [-0.1, -0.05) is 23.7 Å². The summed E-state index contributed by atoms with van der Waals surface area (Å²) in [5.41, 5.74) is 2.81. The molecule has 0 aliphatic carbocycles. The van der Waals surface area contributed by atoms with Crippen LogP contribution >= 0.6 is 11.6 Å². The van der Waals surface area contributed by atoms with E-state index in [2.05, 4.69) is 14.9 Å². The summed E-state index contributed by atoms with van der Waals surface area (Å²) in [5.74, 6) is 1.25. The minimum atomic E-state index is -0.191.